The third-order valence-corrected chi connectivity index (χ3v) is 4.77. The average molecular weight is 376 g/mol. The van der Waals surface area contributed by atoms with Gasteiger partial charge in [0.2, 0.25) is 5.95 Å². The van der Waals surface area contributed by atoms with Gasteiger partial charge >= 0.3 is 0 Å². The number of rotatable bonds is 6. The SMILES string of the molecule is CCN1CCN(c2nncc(Nc3ccccc3Oc3ccccc3)n2)CC1. The molecule has 28 heavy (non-hydrogen) atoms. The standard InChI is InChI=1S/C21H24N6O/c1-2-26-12-14-27(15-13-26)21-24-20(16-22-25-21)23-18-10-6-7-11-19(18)28-17-8-4-3-5-9-17/h3-11,16H,2,12-15H2,1H3,(H,23,24,25). The molecule has 1 fully saturated rings. The minimum absolute atomic E-state index is 0.645. The van der Waals surface area contributed by atoms with E-state index < -0.39 is 0 Å². The van der Waals surface area contributed by atoms with Crippen LogP contribution >= 0.6 is 0 Å². The van der Waals surface area contributed by atoms with Gasteiger partial charge in [0.1, 0.15) is 5.75 Å². The van der Waals surface area contributed by atoms with Gasteiger partial charge in [-0.1, -0.05) is 37.3 Å². The minimum Gasteiger partial charge on any atom is -0.455 e. The molecule has 1 N–H and O–H groups in total. The Morgan fingerprint density at radius 1 is 0.964 bits per heavy atom. The third kappa shape index (κ3) is 4.37. The maximum Gasteiger partial charge on any atom is 0.247 e. The van der Waals surface area contributed by atoms with Crippen molar-refractivity contribution in [3.05, 3.63) is 60.8 Å². The van der Waals surface area contributed by atoms with Gasteiger partial charge in [0.25, 0.3) is 0 Å². The molecule has 2 aromatic carbocycles. The van der Waals surface area contributed by atoms with Gasteiger partial charge < -0.3 is 19.9 Å². The van der Waals surface area contributed by atoms with Crippen molar-refractivity contribution in [1.29, 1.82) is 0 Å². The summed E-state index contributed by atoms with van der Waals surface area (Å²) in [5.74, 6) is 2.81. The lowest BCUT2D eigenvalue weighted by Crippen LogP contribution is -2.46. The fourth-order valence-corrected chi connectivity index (χ4v) is 3.16. The number of anilines is 3. The Morgan fingerprint density at radius 3 is 2.50 bits per heavy atom. The summed E-state index contributed by atoms with van der Waals surface area (Å²) in [5.41, 5.74) is 0.827. The Morgan fingerprint density at radius 2 is 1.71 bits per heavy atom. The van der Waals surface area contributed by atoms with E-state index in [2.05, 4.69) is 37.2 Å². The monoisotopic (exact) mass is 376 g/mol. The maximum atomic E-state index is 6.01. The smallest absolute Gasteiger partial charge is 0.247 e. The van der Waals surface area contributed by atoms with E-state index in [-0.39, 0.29) is 0 Å². The molecule has 0 atom stereocenters. The molecule has 1 aromatic heterocycles. The van der Waals surface area contributed by atoms with Crippen LogP contribution in [0.1, 0.15) is 6.92 Å². The quantitative estimate of drug-likeness (QED) is 0.706. The van der Waals surface area contributed by atoms with E-state index in [1.54, 1.807) is 6.20 Å². The van der Waals surface area contributed by atoms with Crippen molar-refractivity contribution in [2.45, 2.75) is 6.92 Å². The first-order valence-electron chi connectivity index (χ1n) is 9.58. The second kappa shape index (κ2) is 8.67. The topological polar surface area (TPSA) is 66.4 Å². The highest BCUT2D eigenvalue weighted by Gasteiger charge is 2.18. The lowest BCUT2D eigenvalue weighted by Gasteiger charge is -2.33. The fourth-order valence-electron chi connectivity index (χ4n) is 3.16. The second-order valence-corrected chi connectivity index (χ2v) is 6.60. The zero-order valence-electron chi connectivity index (χ0n) is 16.0. The molecule has 0 radical (unpaired) electrons. The molecule has 0 amide bonds. The molecular weight excluding hydrogens is 352 g/mol. The van der Waals surface area contributed by atoms with Crippen LogP contribution in [0.3, 0.4) is 0 Å². The average Bonchev–Trinajstić information content (AvgIpc) is 2.76. The summed E-state index contributed by atoms with van der Waals surface area (Å²) in [7, 11) is 0. The number of hydrogen-bond donors (Lipinski definition) is 1. The summed E-state index contributed by atoms with van der Waals surface area (Å²) in [6.45, 7) is 7.12. The van der Waals surface area contributed by atoms with Gasteiger partial charge in [-0.2, -0.15) is 10.1 Å². The van der Waals surface area contributed by atoms with Crippen LogP contribution in [0, 0.1) is 0 Å². The van der Waals surface area contributed by atoms with Crippen molar-refractivity contribution >= 4 is 17.5 Å². The van der Waals surface area contributed by atoms with Crippen LogP contribution in [-0.2, 0) is 0 Å². The van der Waals surface area contributed by atoms with E-state index in [0.29, 0.717) is 11.8 Å². The van der Waals surface area contributed by atoms with Crippen LogP contribution in [-0.4, -0.2) is 52.8 Å². The molecule has 1 saturated heterocycles. The normalized spacial score (nSPS) is 14.7. The lowest BCUT2D eigenvalue weighted by molar-refractivity contribution is 0.269. The van der Waals surface area contributed by atoms with E-state index in [9.17, 15) is 0 Å². The third-order valence-electron chi connectivity index (χ3n) is 4.77. The van der Waals surface area contributed by atoms with Gasteiger partial charge in [-0.05, 0) is 30.8 Å². The van der Waals surface area contributed by atoms with Gasteiger partial charge in [0.15, 0.2) is 11.6 Å². The predicted molar refractivity (Wildman–Crippen MR) is 110 cm³/mol. The molecule has 0 spiro atoms. The Hall–Kier alpha value is -3.19. The minimum atomic E-state index is 0.645. The van der Waals surface area contributed by atoms with Gasteiger partial charge in [-0.25, -0.2) is 0 Å². The lowest BCUT2D eigenvalue weighted by atomic mass is 10.3. The number of aromatic nitrogens is 3. The number of benzene rings is 2. The van der Waals surface area contributed by atoms with Crippen molar-refractivity contribution in [3.63, 3.8) is 0 Å². The summed E-state index contributed by atoms with van der Waals surface area (Å²) >= 11 is 0. The van der Waals surface area contributed by atoms with Crippen molar-refractivity contribution in [3.8, 4) is 11.5 Å². The van der Waals surface area contributed by atoms with Gasteiger partial charge in [-0.15, -0.1) is 5.10 Å². The molecule has 0 unspecified atom stereocenters. The Balaban J connectivity index is 1.49. The molecular formula is C21H24N6O. The van der Waals surface area contributed by atoms with E-state index >= 15 is 0 Å². The second-order valence-electron chi connectivity index (χ2n) is 6.60. The number of para-hydroxylation sites is 3. The molecule has 4 rings (SSSR count). The van der Waals surface area contributed by atoms with Gasteiger partial charge in [0.05, 0.1) is 11.9 Å². The van der Waals surface area contributed by atoms with Gasteiger partial charge in [0, 0.05) is 26.2 Å². The number of nitrogens with one attached hydrogen (secondary N) is 1. The number of likely N-dealkylation sites (N-methyl/N-ethyl adjacent to an activating group) is 1. The molecule has 7 heteroatoms. The molecule has 7 nitrogen and oxygen atoms in total. The Labute approximate surface area is 165 Å². The zero-order valence-corrected chi connectivity index (χ0v) is 16.0. The first-order valence-corrected chi connectivity index (χ1v) is 9.58. The van der Waals surface area contributed by atoms with Crippen molar-refractivity contribution in [2.75, 3.05) is 42.9 Å². The van der Waals surface area contributed by atoms with Crippen molar-refractivity contribution in [2.24, 2.45) is 0 Å². The summed E-state index contributed by atoms with van der Waals surface area (Å²) in [5, 5.41) is 11.7. The van der Waals surface area contributed by atoms with Crippen molar-refractivity contribution < 1.29 is 4.74 Å². The van der Waals surface area contributed by atoms with Crippen LogP contribution in [0.25, 0.3) is 0 Å². The molecule has 0 aliphatic carbocycles. The molecule has 1 aliphatic heterocycles. The molecule has 144 valence electrons. The highest BCUT2D eigenvalue weighted by Crippen LogP contribution is 2.31. The maximum absolute atomic E-state index is 6.01. The first-order chi connectivity index (χ1) is 13.8. The molecule has 0 bridgehead atoms. The van der Waals surface area contributed by atoms with E-state index in [1.165, 1.54) is 0 Å². The first kappa shape index (κ1) is 18.2. The number of nitrogens with zero attached hydrogens (tertiary/aromatic N) is 5. The summed E-state index contributed by atoms with van der Waals surface area (Å²) in [4.78, 5) is 9.25. The molecule has 1 aliphatic rings. The van der Waals surface area contributed by atoms with Crippen LogP contribution in [0.5, 0.6) is 11.5 Å². The van der Waals surface area contributed by atoms with Crippen LogP contribution in [0.15, 0.2) is 60.8 Å². The Bertz CT molecular complexity index is 896. The van der Waals surface area contributed by atoms with Gasteiger partial charge in [-0.3, -0.25) is 0 Å². The number of hydrogen-bond acceptors (Lipinski definition) is 7. The fraction of sp³-hybridized carbons (Fsp3) is 0.286. The highest BCUT2D eigenvalue weighted by atomic mass is 16.5. The summed E-state index contributed by atoms with van der Waals surface area (Å²) in [6.07, 6.45) is 1.63. The van der Waals surface area contributed by atoms with Crippen LogP contribution in [0.4, 0.5) is 17.5 Å². The van der Waals surface area contributed by atoms with Crippen LogP contribution in [0.2, 0.25) is 0 Å². The number of piperazine rings is 1. The van der Waals surface area contributed by atoms with Crippen molar-refractivity contribution in [1.82, 2.24) is 20.1 Å². The Kier molecular flexibility index (Phi) is 5.63. The molecule has 2 heterocycles. The van der Waals surface area contributed by atoms with E-state index in [1.807, 2.05) is 54.6 Å². The van der Waals surface area contributed by atoms with Crippen LogP contribution < -0.4 is 15.0 Å². The van der Waals surface area contributed by atoms with E-state index in [4.69, 9.17) is 4.74 Å². The summed E-state index contributed by atoms with van der Waals surface area (Å²) in [6, 6.07) is 17.5. The molecule has 0 saturated carbocycles. The summed E-state index contributed by atoms with van der Waals surface area (Å²) < 4.78 is 6.01. The largest absolute Gasteiger partial charge is 0.455 e. The molecule has 3 aromatic rings. The van der Waals surface area contributed by atoms with E-state index in [0.717, 1.165) is 49.9 Å². The highest BCUT2D eigenvalue weighted by molar-refractivity contribution is 5.64. The predicted octanol–water partition coefficient (Wildman–Crippen LogP) is 3.55. The number of ether oxygens (including phenoxy) is 1. The zero-order chi connectivity index (χ0) is 19.2.